The molecule has 0 saturated carbocycles. The van der Waals surface area contributed by atoms with Crippen LogP contribution in [0, 0.1) is 19.7 Å². The number of thiophene rings is 1. The molecule has 0 bridgehead atoms. The molecule has 0 aliphatic carbocycles. The van der Waals surface area contributed by atoms with Gasteiger partial charge in [0.15, 0.2) is 0 Å². The van der Waals surface area contributed by atoms with Crippen LogP contribution in [0.5, 0.6) is 0 Å². The quantitative estimate of drug-likeness (QED) is 0.238. The summed E-state index contributed by atoms with van der Waals surface area (Å²) in [6.07, 6.45) is -0.108. The molecule has 0 fully saturated rings. The number of halogens is 1. The van der Waals surface area contributed by atoms with Gasteiger partial charge in [-0.3, -0.25) is 4.79 Å². The van der Waals surface area contributed by atoms with Gasteiger partial charge in [-0.1, -0.05) is 41.1 Å². The number of carbonyl (C=O) groups is 2. The van der Waals surface area contributed by atoms with E-state index < -0.39 is 23.7 Å². The summed E-state index contributed by atoms with van der Waals surface area (Å²) in [5, 5.41) is 18.2. The molecule has 1 atom stereocenters. The van der Waals surface area contributed by atoms with E-state index in [9.17, 15) is 14.7 Å². The standard InChI is InChI=1S/C30H24FN3O4S/c1-17-6-9-20(10-7-17)29-33-27(34-38-29)23-11-8-19(13-24(23)31)14-25(30(36)37)32-28(35)22-5-3-4-21(15-22)26-12-18(2)16-39-26/h3-13,15-16,25H,14H2,1-2H3,(H,32,35)(H,36,37). The minimum Gasteiger partial charge on any atom is -0.480 e. The van der Waals surface area contributed by atoms with E-state index in [4.69, 9.17) is 4.52 Å². The van der Waals surface area contributed by atoms with Crippen molar-refractivity contribution in [3.63, 3.8) is 0 Å². The summed E-state index contributed by atoms with van der Waals surface area (Å²) in [5.41, 5.74) is 4.65. The van der Waals surface area contributed by atoms with Crippen LogP contribution < -0.4 is 5.32 Å². The zero-order valence-electron chi connectivity index (χ0n) is 21.1. The van der Waals surface area contributed by atoms with Crippen molar-refractivity contribution < 1.29 is 23.6 Å². The third-order valence-corrected chi connectivity index (χ3v) is 7.28. The molecule has 3 aromatic carbocycles. The number of nitrogens with zero attached hydrogens (tertiary/aromatic N) is 2. The van der Waals surface area contributed by atoms with E-state index in [1.165, 1.54) is 12.1 Å². The smallest absolute Gasteiger partial charge is 0.326 e. The fourth-order valence-corrected chi connectivity index (χ4v) is 4.98. The summed E-state index contributed by atoms with van der Waals surface area (Å²) in [5.74, 6) is -2.03. The Kier molecular flexibility index (Phi) is 7.33. The average molecular weight is 542 g/mol. The zero-order chi connectivity index (χ0) is 27.5. The third kappa shape index (κ3) is 5.94. The minimum absolute atomic E-state index is 0.0820. The Morgan fingerprint density at radius 2 is 1.79 bits per heavy atom. The predicted octanol–water partition coefficient (Wildman–Crippen LogP) is 6.31. The van der Waals surface area contributed by atoms with Crippen molar-refractivity contribution in [1.82, 2.24) is 15.5 Å². The largest absolute Gasteiger partial charge is 0.480 e. The van der Waals surface area contributed by atoms with Crippen molar-refractivity contribution >= 4 is 23.2 Å². The summed E-state index contributed by atoms with van der Waals surface area (Å²) < 4.78 is 20.3. The molecule has 0 radical (unpaired) electrons. The van der Waals surface area contributed by atoms with E-state index in [0.717, 1.165) is 21.6 Å². The number of carbonyl (C=O) groups excluding carboxylic acids is 1. The van der Waals surface area contributed by atoms with Gasteiger partial charge in [-0.2, -0.15) is 4.98 Å². The molecule has 0 spiro atoms. The lowest BCUT2D eigenvalue weighted by Crippen LogP contribution is -2.42. The number of hydrogen-bond acceptors (Lipinski definition) is 6. The Morgan fingerprint density at radius 3 is 2.49 bits per heavy atom. The zero-order valence-corrected chi connectivity index (χ0v) is 22.0. The molecule has 5 aromatic rings. The molecule has 0 aliphatic heterocycles. The second kappa shape index (κ2) is 11.0. The normalized spacial score (nSPS) is 11.8. The highest BCUT2D eigenvalue weighted by Crippen LogP contribution is 2.28. The Hall–Kier alpha value is -4.63. The summed E-state index contributed by atoms with van der Waals surface area (Å²) in [4.78, 5) is 30.2. The number of carboxylic acids is 1. The Labute approximate surface area is 228 Å². The van der Waals surface area contributed by atoms with Gasteiger partial charge >= 0.3 is 5.97 Å². The SMILES string of the molecule is Cc1ccc(-c2nc(-c3ccc(CC(NC(=O)c4cccc(-c5cc(C)cs5)c4)C(=O)O)cc3F)no2)cc1. The summed E-state index contributed by atoms with van der Waals surface area (Å²) >= 11 is 1.57. The topological polar surface area (TPSA) is 105 Å². The first-order valence-corrected chi connectivity index (χ1v) is 13.0. The summed E-state index contributed by atoms with van der Waals surface area (Å²) in [6, 6.07) is 19.6. The first-order valence-electron chi connectivity index (χ1n) is 12.2. The molecular weight excluding hydrogens is 517 g/mol. The lowest BCUT2D eigenvalue weighted by Gasteiger charge is -2.15. The number of rotatable bonds is 8. The van der Waals surface area contributed by atoms with Crippen molar-refractivity contribution in [2.45, 2.75) is 26.3 Å². The van der Waals surface area contributed by atoms with Gasteiger partial charge in [0.25, 0.3) is 11.8 Å². The molecule has 5 rings (SSSR count). The van der Waals surface area contributed by atoms with Crippen molar-refractivity contribution in [2.75, 3.05) is 0 Å². The Balaban J connectivity index is 1.30. The van der Waals surface area contributed by atoms with Gasteiger partial charge in [0, 0.05) is 22.4 Å². The number of aliphatic carboxylic acids is 1. The Morgan fingerprint density at radius 1 is 1.00 bits per heavy atom. The summed E-state index contributed by atoms with van der Waals surface area (Å²) in [6.45, 7) is 3.96. The number of aryl methyl sites for hydroxylation is 2. The van der Waals surface area contributed by atoms with E-state index in [1.807, 2.05) is 55.6 Å². The van der Waals surface area contributed by atoms with E-state index >= 15 is 4.39 Å². The van der Waals surface area contributed by atoms with Crippen LogP contribution in [0.15, 0.2) is 82.7 Å². The second-order valence-corrected chi connectivity index (χ2v) is 10.2. The highest BCUT2D eigenvalue weighted by Gasteiger charge is 2.23. The fraction of sp³-hybridized carbons (Fsp3) is 0.133. The molecule has 2 N–H and O–H groups in total. The van der Waals surface area contributed by atoms with Gasteiger partial charge in [0.1, 0.15) is 11.9 Å². The number of benzene rings is 3. The van der Waals surface area contributed by atoms with Crippen molar-refractivity contribution in [3.8, 4) is 33.3 Å². The van der Waals surface area contributed by atoms with Gasteiger partial charge in [-0.15, -0.1) is 11.3 Å². The van der Waals surface area contributed by atoms with Crippen LogP contribution in [0.1, 0.15) is 27.0 Å². The molecule has 0 saturated heterocycles. The van der Waals surface area contributed by atoms with Crippen LogP contribution in [0.25, 0.3) is 33.3 Å². The van der Waals surface area contributed by atoms with E-state index in [-0.39, 0.29) is 23.7 Å². The first-order chi connectivity index (χ1) is 18.8. The molecule has 196 valence electrons. The van der Waals surface area contributed by atoms with Gasteiger partial charge in [-0.25, -0.2) is 9.18 Å². The number of hydrogen-bond donors (Lipinski definition) is 2. The summed E-state index contributed by atoms with van der Waals surface area (Å²) in [7, 11) is 0. The molecule has 1 unspecified atom stereocenters. The van der Waals surface area contributed by atoms with Crippen LogP contribution >= 0.6 is 11.3 Å². The van der Waals surface area contributed by atoms with Crippen LogP contribution in [0.4, 0.5) is 4.39 Å². The highest BCUT2D eigenvalue weighted by atomic mass is 32.1. The Bertz CT molecular complexity index is 1660. The highest BCUT2D eigenvalue weighted by molar-refractivity contribution is 7.13. The van der Waals surface area contributed by atoms with E-state index in [2.05, 4.69) is 15.5 Å². The fourth-order valence-electron chi connectivity index (χ4n) is 4.09. The molecule has 1 amide bonds. The molecule has 39 heavy (non-hydrogen) atoms. The van der Waals surface area contributed by atoms with E-state index in [0.29, 0.717) is 16.7 Å². The lowest BCUT2D eigenvalue weighted by molar-refractivity contribution is -0.139. The maximum Gasteiger partial charge on any atom is 0.326 e. The lowest BCUT2D eigenvalue weighted by atomic mass is 10.0. The maximum absolute atomic E-state index is 15.0. The second-order valence-electron chi connectivity index (χ2n) is 9.24. The molecule has 0 aliphatic rings. The molecule has 2 heterocycles. The molecular formula is C30H24FN3O4S. The monoisotopic (exact) mass is 541 g/mol. The molecule has 9 heteroatoms. The van der Waals surface area contributed by atoms with Gasteiger partial charge in [0.2, 0.25) is 5.82 Å². The predicted molar refractivity (Wildman–Crippen MR) is 147 cm³/mol. The molecule has 7 nitrogen and oxygen atoms in total. The minimum atomic E-state index is -1.26. The van der Waals surface area contributed by atoms with E-state index in [1.54, 1.807) is 35.6 Å². The number of nitrogens with one attached hydrogen (secondary N) is 1. The first kappa shape index (κ1) is 26.0. The third-order valence-electron chi connectivity index (χ3n) is 6.18. The van der Waals surface area contributed by atoms with Crippen LogP contribution in [-0.2, 0) is 11.2 Å². The number of amides is 1. The van der Waals surface area contributed by atoms with Crippen molar-refractivity contribution in [1.29, 1.82) is 0 Å². The average Bonchev–Trinajstić information content (AvgIpc) is 3.58. The van der Waals surface area contributed by atoms with Crippen molar-refractivity contribution in [3.05, 3.63) is 106 Å². The van der Waals surface area contributed by atoms with Crippen molar-refractivity contribution in [2.24, 2.45) is 0 Å². The van der Waals surface area contributed by atoms with Crippen LogP contribution in [-0.4, -0.2) is 33.2 Å². The molecule has 2 aromatic heterocycles. The van der Waals surface area contributed by atoms with Gasteiger partial charge in [0.05, 0.1) is 5.56 Å². The van der Waals surface area contributed by atoms with Crippen LogP contribution in [0.3, 0.4) is 0 Å². The number of aromatic nitrogens is 2. The number of carboxylic acid groups (broad SMARTS) is 1. The van der Waals surface area contributed by atoms with Gasteiger partial charge < -0.3 is 14.9 Å². The van der Waals surface area contributed by atoms with Crippen LogP contribution in [0.2, 0.25) is 0 Å². The maximum atomic E-state index is 15.0. The van der Waals surface area contributed by atoms with Gasteiger partial charge in [-0.05, 0) is 78.4 Å².